The number of nitrogens with zero attached hydrogens (tertiary/aromatic N) is 2. The Balaban J connectivity index is 2.09. The summed E-state index contributed by atoms with van der Waals surface area (Å²) < 4.78 is 26.5. The lowest BCUT2D eigenvalue weighted by Crippen LogP contribution is -2.32. The molecule has 1 aliphatic rings. The maximum absolute atomic E-state index is 12.6. The van der Waals surface area contributed by atoms with E-state index in [-0.39, 0.29) is 5.03 Å². The fraction of sp³-hybridized carbons (Fsp3) is 0.769. The molecule has 20 heavy (non-hydrogen) atoms. The van der Waals surface area contributed by atoms with Crippen molar-refractivity contribution in [3.05, 3.63) is 11.8 Å². The summed E-state index contributed by atoms with van der Waals surface area (Å²) in [6.45, 7) is 5.18. The van der Waals surface area contributed by atoms with Crippen molar-refractivity contribution in [2.24, 2.45) is 5.92 Å². The van der Waals surface area contributed by atoms with Crippen LogP contribution in [0.4, 0.5) is 0 Å². The van der Waals surface area contributed by atoms with Gasteiger partial charge in [-0.25, -0.2) is 8.42 Å². The molecule has 0 saturated heterocycles. The zero-order valence-electron chi connectivity index (χ0n) is 12.4. The van der Waals surface area contributed by atoms with Crippen molar-refractivity contribution in [1.82, 2.24) is 19.8 Å². The molecular weight excluding hydrogens is 276 g/mol. The molecule has 1 aromatic rings. The number of sulfonamides is 1. The van der Waals surface area contributed by atoms with Gasteiger partial charge in [-0.3, -0.25) is 5.10 Å². The molecule has 6 nitrogen and oxygen atoms in total. The zero-order chi connectivity index (χ0) is 14.8. The number of aromatic amines is 1. The summed E-state index contributed by atoms with van der Waals surface area (Å²) in [5, 5.41) is 10.1. The second-order valence-corrected chi connectivity index (χ2v) is 7.66. The average Bonchev–Trinajstić information content (AvgIpc) is 3.12. The minimum absolute atomic E-state index is 0.219. The predicted octanol–water partition coefficient (Wildman–Crippen LogP) is 1.33. The molecule has 0 spiro atoms. The lowest BCUT2D eigenvalue weighted by atomic mass is 10.1. The molecule has 2 N–H and O–H groups in total. The summed E-state index contributed by atoms with van der Waals surface area (Å²) in [4.78, 5) is 0. The lowest BCUT2D eigenvalue weighted by molar-refractivity contribution is 0.392. The van der Waals surface area contributed by atoms with Gasteiger partial charge in [-0.15, -0.1) is 0 Å². The SMILES string of the molecule is CCC(C)CN(C)S(=O)(=O)c1[nH]ncc1CNC1CC1. The number of nitrogens with one attached hydrogen (secondary N) is 2. The molecule has 114 valence electrons. The smallest absolute Gasteiger partial charge is 0.260 e. The molecule has 0 aromatic carbocycles. The maximum atomic E-state index is 12.6. The molecular formula is C13H24N4O2S. The van der Waals surface area contributed by atoms with Gasteiger partial charge < -0.3 is 5.32 Å². The highest BCUT2D eigenvalue weighted by atomic mass is 32.2. The normalized spacial score (nSPS) is 17.6. The van der Waals surface area contributed by atoms with Crippen molar-refractivity contribution in [3.63, 3.8) is 0 Å². The summed E-state index contributed by atoms with van der Waals surface area (Å²) in [6, 6.07) is 0.540. The summed E-state index contributed by atoms with van der Waals surface area (Å²) in [7, 11) is -1.86. The van der Waals surface area contributed by atoms with Crippen molar-refractivity contribution in [1.29, 1.82) is 0 Å². The van der Waals surface area contributed by atoms with Crippen LogP contribution >= 0.6 is 0 Å². The summed E-state index contributed by atoms with van der Waals surface area (Å²) >= 11 is 0. The Morgan fingerprint density at radius 1 is 1.55 bits per heavy atom. The molecule has 0 bridgehead atoms. The van der Waals surface area contributed by atoms with Gasteiger partial charge in [0.2, 0.25) is 0 Å². The molecule has 1 aromatic heterocycles. The molecule has 1 fully saturated rings. The Bertz CT molecular complexity index is 536. The first-order valence-corrected chi connectivity index (χ1v) is 8.61. The average molecular weight is 300 g/mol. The number of aromatic nitrogens is 2. The van der Waals surface area contributed by atoms with Crippen LogP contribution in [0.15, 0.2) is 11.2 Å². The Labute approximate surface area is 121 Å². The van der Waals surface area contributed by atoms with E-state index in [1.54, 1.807) is 13.2 Å². The van der Waals surface area contributed by atoms with E-state index in [9.17, 15) is 8.42 Å². The number of hydrogen-bond acceptors (Lipinski definition) is 4. The molecule has 0 aliphatic heterocycles. The summed E-state index contributed by atoms with van der Waals surface area (Å²) in [5.74, 6) is 0.339. The van der Waals surface area contributed by atoms with Gasteiger partial charge >= 0.3 is 0 Å². The highest BCUT2D eigenvalue weighted by molar-refractivity contribution is 7.89. The minimum atomic E-state index is -3.48. The number of H-pyrrole nitrogens is 1. The van der Waals surface area contributed by atoms with E-state index in [0.29, 0.717) is 30.6 Å². The number of rotatable bonds is 8. The quantitative estimate of drug-likeness (QED) is 0.759. The third-order valence-electron chi connectivity index (χ3n) is 3.77. The fourth-order valence-electron chi connectivity index (χ4n) is 2.01. The zero-order valence-corrected chi connectivity index (χ0v) is 13.2. The predicted molar refractivity (Wildman–Crippen MR) is 77.7 cm³/mol. The monoisotopic (exact) mass is 300 g/mol. The molecule has 0 radical (unpaired) electrons. The third-order valence-corrected chi connectivity index (χ3v) is 5.61. The van der Waals surface area contributed by atoms with Gasteiger partial charge in [-0.05, 0) is 18.8 Å². The van der Waals surface area contributed by atoms with Crippen molar-refractivity contribution >= 4 is 10.0 Å². The van der Waals surface area contributed by atoms with Crippen LogP contribution in [0.3, 0.4) is 0 Å². The van der Waals surface area contributed by atoms with Crippen LogP contribution in [0.1, 0.15) is 38.7 Å². The van der Waals surface area contributed by atoms with Crippen LogP contribution in [-0.2, 0) is 16.6 Å². The van der Waals surface area contributed by atoms with Crippen LogP contribution in [0, 0.1) is 5.92 Å². The topological polar surface area (TPSA) is 78.1 Å². The van der Waals surface area contributed by atoms with Crippen LogP contribution < -0.4 is 5.32 Å². The van der Waals surface area contributed by atoms with Gasteiger partial charge in [0.1, 0.15) is 0 Å². The van der Waals surface area contributed by atoms with E-state index in [1.807, 2.05) is 0 Å². The van der Waals surface area contributed by atoms with E-state index in [4.69, 9.17) is 0 Å². The molecule has 2 rings (SSSR count). The first-order chi connectivity index (χ1) is 9.45. The van der Waals surface area contributed by atoms with E-state index in [1.165, 1.54) is 17.1 Å². The van der Waals surface area contributed by atoms with Crippen LogP contribution in [0.25, 0.3) is 0 Å². The lowest BCUT2D eigenvalue weighted by Gasteiger charge is -2.20. The van der Waals surface area contributed by atoms with Gasteiger partial charge in [0.05, 0.1) is 6.20 Å². The van der Waals surface area contributed by atoms with Crippen molar-refractivity contribution < 1.29 is 8.42 Å². The van der Waals surface area contributed by atoms with E-state index in [0.717, 1.165) is 6.42 Å². The molecule has 1 unspecified atom stereocenters. The summed E-state index contributed by atoms with van der Waals surface area (Å²) in [6.07, 6.45) is 4.90. The molecule has 1 aliphatic carbocycles. The standard InChI is InChI=1S/C13H24N4O2S/c1-4-10(2)9-17(3)20(18,19)13-11(8-15-16-13)7-14-12-5-6-12/h8,10,12,14H,4-7,9H2,1-3H3,(H,15,16). The Hall–Kier alpha value is -0.920. The first kappa shape index (κ1) is 15.5. The second kappa shape index (κ2) is 6.24. The van der Waals surface area contributed by atoms with Gasteiger partial charge in [0.15, 0.2) is 5.03 Å². The third kappa shape index (κ3) is 3.59. The molecule has 1 saturated carbocycles. The fourth-order valence-corrected chi connectivity index (χ4v) is 3.40. The van der Waals surface area contributed by atoms with Crippen molar-refractivity contribution in [2.45, 2.75) is 50.7 Å². The molecule has 7 heteroatoms. The van der Waals surface area contributed by atoms with Crippen molar-refractivity contribution in [3.8, 4) is 0 Å². The molecule has 1 heterocycles. The molecule has 0 amide bonds. The van der Waals surface area contributed by atoms with Crippen LogP contribution in [0.2, 0.25) is 0 Å². The Morgan fingerprint density at radius 2 is 2.25 bits per heavy atom. The van der Waals surface area contributed by atoms with Crippen LogP contribution in [0.5, 0.6) is 0 Å². The van der Waals surface area contributed by atoms with Gasteiger partial charge in [0, 0.05) is 31.7 Å². The highest BCUT2D eigenvalue weighted by Gasteiger charge is 2.28. The minimum Gasteiger partial charge on any atom is -0.310 e. The largest absolute Gasteiger partial charge is 0.310 e. The highest BCUT2D eigenvalue weighted by Crippen LogP contribution is 2.22. The maximum Gasteiger partial charge on any atom is 0.260 e. The van der Waals surface area contributed by atoms with E-state index >= 15 is 0 Å². The van der Waals surface area contributed by atoms with E-state index < -0.39 is 10.0 Å². The van der Waals surface area contributed by atoms with Gasteiger partial charge in [-0.2, -0.15) is 9.40 Å². The van der Waals surface area contributed by atoms with E-state index in [2.05, 4.69) is 29.4 Å². The number of hydrogen-bond donors (Lipinski definition) is 2. The second-order valence-electron chi connectivity index (χ2n) is 5.68. The van der Waals surface area contributed by atoms with Gasteiger partial charge in [-0.1, -0.05) is 20.3 Å². The van der Waals surface area contributed by atoms with Gasteiger partial charge in [0.25, 0.3) is 10.0 Å². The Morgan fingerprint density at radius 3 is 2.85 bits per heavy atom. The van der Waals surface area contributed by atoms with Crippen molar-refractivity contribution in [2.75, 3.05) is 13.6 Å². The molecule has 1 atom stereocenters. The first-order valence-electron chi connectivity index (χ1n) is 7.17. The van der Waals surface area contributed by atoms with Crippen LogP contribution in [-0.4, -0.2) is 42.6 Å². The Kier molecular flexibility index (Phi) is 4.82. The summed E-state index contributed by atoms with van der Waals surface area (Å²) in [5.41, 5.74) is 0.716.